The van der Waals surface area contributed by atoms with E-state index in [4.69, 9.17) is 10.8 Å². The third-order valence-corrected chi connectivity index (χ3v) is 3.04. The van der Waals surface area contributed by atoms with Crippen molar-refractivity contribution in [3.05, 3.63) is 0 Å². The normalized spacial score (nSPS) is 23.5. The van der Waals surface area contributed by atoms with Crippen LogP contribution in [-0.4, -0.2) is 59.5 Å². The van der Waals surface area contributed by atoms with Crippen LogP contribution in [0.15, 0.2) is 0 Å². The molecule has 0 aliphatic carbocycles. The number of carbonyl (C=O) groups excluding carboxylic acids is 2. The van der Waals surface area contributed by atoms with Gasteiger partial charge in [-0.2, -0.15) is 0 Å². The van der Waals surface area contributed by atoms with Crippen LogP contribution in [-0.2, 0) is 9.59 Å². The van der Waals surface area contributed by atoms with Gasteiger partial charge in [0.25, 0.3) is 0 Å². The van der Waals surface area contributed by atoms with Crippen LogP contribution in [0.5, 0.6) is 0 Å². The molecule has 1 aliphatic heterocycles. The first-order valence-electron chi connectivity index (χ1n) is 5.28. The smallest absolute Gasteiger partial charge is 0.323 e. The number of amides is 3. The van der Waals surface area contributed by atoms with Gasteiger partial charge in [0.05, 0.1) is 5.41 Å². The Morgan fingerprint density at radius 3 is 2.47 bits per heavy atom. The summed E-state index contributed by atoms with van der Waals surface area (Å²) in [4.78, 5) is 36.1. The van der Waals surface area contributed by atoms with Gasteiger partial charge in [-0.15, -0.1) is 0 Å². The van der Waals surface area contributed by atoms with E-state index < -0.39 is 23.3 Å². The zero-order valence-electron chi connectivity index (χ0n) is 9.97. The molecule has 0 saturated carbocycles. The Morgan fingerprint density at radius 1 is 1.47 bits per heavy atom. The molecule has 0 radical (unpaired) electrons. The number of urea groups is 1. The van der Waals surface area contributed by atoms with Gasteiger partial charge in [-0.05, 0) is 13.3 Å². The monoisotopic (exact) mass is 243 g/mol. The summed E-state index contributed by atoms with van der Waals surface area (Å²) < 4.78 is 0. The summed E-state index contributed by atoms with van der Waals surface area (Å²) in [6.07, 6.45) is 0.509. The molecule has 3 amide bonds. The van der Waals surface area contributed by atoms with Crippen LogP contribution in [0.1, 0.15) is 13.3 Å². The Morgan fingerprint density at radius 2 is 2.06 bits per heavy atom. The van der Waals surface area contributed by atoms with Gasteiger partial charge < -0.3 is 20.6 Å². The Hall–Kier alpha value is -1.79. The topological polar surface area (TPSA) is 104 Å². The lowest BCUT2D eigenvalue weighted by molar-refractivity contribution is -0.137. The van der Waals surface area contributed by atoms with Gasteiger partial charge in [-0.25, -0.2) is 4.79 Å². The standard InChI is InChI=1S/C10H17N3O4/c1-10(8(11)16)3-4-13(6-10)9(17)12(2)5-7(14)15/h3-6H2,1-2H3,(H2,11,16)(H,14,15). The maximum atomic E-state index is 11.8. The molecule has 1 heterocycles. The molecule has 3 N–H and O–H groups in total. The number of nitrogens with zero attached hydrogens (tertiary/aromatic N) is 2. The average molecular weight is 243 g/mol. The van der Waals surface area contributed by atoms with Crippen LogP contribution >= 0.6 is 0 Å². The third-order valence-electron chi connectivity index (χ3n) is 3.04. The first kappa shape index (κ1) is 13.3. The molecule has 0 aromatic carbocycles. The van der Waals surface area contributed by atoms with Crippen molar-refractivity contribution in [2.24, 2.45) is 11.1 Å². The molecule has 1 fully saturated rings. The molecule has 0 aromatic rings. The van der Waals surface area contributed by atoms with Crippen LogP contribution in [0, 0.1) is 5.41 Å². The number of primary amides is 1. The molecule has 1 unspecified atom stereocenters. The number of carboxylic acids is 1. The fraction of sp³-hybridized carbons (Fsp3) is 0.700. The quantitative estimate of drug-likeness (QED) is 0.685. The summed E-state index contributed by atoms with van der Waals surface area (Å²) in [5, 5.41) is 8.58. The van der Waals surface area contributed by atoms with Crippen LogP contribution in [0.2, 0.25) is 0 Å². The Labute approximate surface area is 99.2 Å². The Bertz CT molecular complexity index is 357. The number of nitrogens with two attached hydrogens (primary N) is 1. The van der Waals surface area contributed by atoms with Crippen LogP contribution in [0.4, 0.5) is 4.79 Å². The van der Waals surface area contributed by atoms with E-state index >= 15 is 0 Å². The molecule has 1 rings (SSSR count). The van der Waals surface area contributed by atoms with E-state index in [2.05, 4.69) is 0 Å². The number of carboxylic acid groups (broad SMARTS) is 1. The molecule has 0 bridgehead atoms. The van der Waals surface area contributed by atoms with E-state index in [1.165, 1.54) is 11.9 Å². The van der Waals surface area contributed by atoms with E-state index in [1.807, 2.05) is 0 Å². The van der Waals surface area contributed by atoms with Gasteiger partial charge in [0, 0.05) is 20.1 Å². The summed E-state index contributed by atoms with van der Waals surface area (Å²) in [6, 6.07) is -0.391. The number of carbonyl (C=O) groups is 3. The van der Waals surface area contributed by atoms with Gasteiger partial charge in [0.2, 0.25) is 5.91 Å². The fourth-order valence-electron chi connectivity index (χ4n) is 1.84. The van der Waals surface area contributed by atoms with Gasteiger partial charge in [0.1, 0.15) is 6.54 Å². The minimum atomic E-state index is -1.07. The van der Waals surface area contributed by atoms with Crippen LogP contribution in [0.25, 0.3) is 0 Å². The van der Waals surface area contributed by atoms with E-state index in [1.54, 1.807) is 6.92 Å². The van der Waals surface area contributed by atoms with Crippen molar-refractivity contribution in [2.75, 3.05) is 26.7 Å². The van der Waals surface area contributed by atoms with E-state index in [0.717, 1.165) is 4.90 Å². The second-order valence-corrected chi connectivity index (χ2v) is 4.63. The number of likely N-dealkylation sites (tertiary alicyclic amines) is 1. The maximum Gasteiger partial charge on any atom is 0.323 e. The zero-order valence-corrected chi connectivity index (χ0v) is 9.97. The minimum Gasteiger partial charge on any atom is -0.480 e. The van der Waals surface area contributed by atoms with Crippen molar-refractivity contribution in [3.63, 3.8) is 0 Å². The van der Waals surface area contributed by atoms with E-state index in [9.17, 15) is 14.4 Å². The number of aliphatic carboxylic acids is 1. The van der Waals surface area contributed by atoms with Crippen molar-refractivity contribution in [3.8, 4) is 0 Å². The fourth-order valence-corrected chi connectivity index (χ4v) is 1.84. The predicted octanol–water partition coefficient (Wildman–Crippen LogP) is -0.680. The molecule has 7 heteroatoms. The lowest BCUT2D eigenvalue weighted by atomic mass is 9.89. The first-order chi connectivity index (χ1) is 7.76. The zero-order chi connectivity index (χ0) is 13.2. The minimum absolute atomic E-state index is 0.241. The summed E-state index contributed by atoms with van der Waals surface area (Å²) in [5.41, 5.74) is 4.56. The van der Waals surface area contributed by atoms with Crippen molar-refractivity contribution in [1.29, 1.82) is 0 Å². The van der Waals surface area contributed by atoms with Gasteiger partial charge in [0.15, 0.2) is 0 Å². The summed E-state index contributed by atoms with van der Waals surface area (Å²) in [5.74, 6) is -1.51. The van der Waals surface area contributed by atoms with E-state index in [-0.39, 0.29) is 13.1 Å². The van der Waals surface area contributed by atoms with Crippen molar-refractivity contribution in [1.82, 2.24) is 9.80 Å². The first-order valence-corrected chi connectivity index (χ1v) is 5.28. The van der Waals surface area contributed by atoms with Gasteiger partial charge in [-0.1, -0.05) is 0 Å². The Balaban J connectivity index is 2.62. The maximum absolute atomic E-state index is 11.8. The van der Waals surface area contributed by atoms with Crippen molar-refractivity contribution >= 4 is 17.9 Å². The van der Waals surface area contributed by atoms with Crippen molar-refractivity contribution < 1.29 is 19.5 Å². The highest BCUT2D eigenvalue weighted by Gasteiger charge is 2.41. The lowest BCUT2D eigenvalue weighted by Gasteiger charge is -2.25. The summed E-state index contributed by atoms with van der Waals surface area (Å²) in [7, 11) is 1.41. The van der Waals surface area contributed by atoms with Crippen molar-refractivity contribution in [2.45, 2.75) is 13.3 Å². The highest BCUT2D eigenvalue weighted by molar-refractivity contribution is 5.84. The van der Waals surface area contributed by atoms with Crippen LogP contribution < -0.4 is 5.73 Å². The average Bonchev–Trinajstić information content (AvgIpc) is 2.60. The molecular formula is C10H17N3O4. The second kappa shape index (κ2) is 4.60. The number of rotatable bonds is 3. The number of likely N-dealkylation sites (N-methyl/N-ethyl adjacent to an activating group) is 1. The largest absolute Gasteiger partial charge is 0.480 e. The highest BCUT2D eigenvalue weighted by Crippen LogP contribution is 2.29. The molecule has 7 nitrogen and oxygen atoms in total. The van der Waals surface area contributed by atoms with Gasteiger partial charge in [-0.3, -0.25) is 9.59 Å². The van der Waals surface area contributed by atoms with Gasteiger partial charge >= 0.3 is 12.0 Å². The number of hydrogen-bond donors (Lipinski definition) is 2. The van der Waals surface area contributed by atoms with Crippen LogP contribution in [0.3, 0.4) is 0 Å². The molecule has 96 valence electrons. The Kier molecular flexibility index (Phi) is 3.59. The summed E-state index contributed by atoms with van der Waals surface area (Å²) in [6.45, 7) is 2.01. The lowest BCUT2D eigenvalue weighted by Crippen LogP contribution is -2.44. The third kappa shape index (κ3) is 2.86. The predicted molar refractivity (Wildman–Crippen MR) is 59.2 cm³/mol. The highest BCUT2D eigenvalue weighted by atomic mass is 16.4. The van der Waals surface area contributed by atoms with E-state index in [0.29, 0.717) is 13.0 Å². The summed E-state index contributed by atoms with van der Waals surface area (Å²) >= 11 is 0. The molecule has 1 aliphatic rings. The SMILES string of the molecule is CN(CC(=O)O)C(=O)N1CCC(C)(C(N)=O)C1. The molecule has 17 heavy (non-hydrogen) atoms. The number of hydrogen-bond acceptors (Lipinski definition) is 3. The molecule has 0 spiro atoms. The second-order valence-electron chi connectivity index (χ2n) is 4.63. The molecular weight excluding hydrogens is 226 g/mol. The molecule has 1 saturated heterocycles. The molecule has 1 atom stereocenters. The molecule has 0 aromatic heterocycles.